The number of carbonyl (C=O) groups excluding carboxylic acids is 1. The van der Waals surface area contributed by atoms with Crippen molar-refractivity contribution in [3.05, 3.63) is 24.3 Å². The molecule has 0 aliphatic carbocycles. The summed E-state index contributed by atoms with van der Waals surface area (Å²) in [5.41, 5.74) is 0.906. The number of carbonyl (C=O) groups is 1. The zero-order valence-corrected chi connectivity index (χ0v) is 12.9. The summed E-state index contributed by atoms with van der Waals surface area (Å²) in [7, 11) is -3.53. The molecule has 1 aliphatic heterocycles. The molecule has 1 fully saturated rings. The van der Waals surface area contributed by atoms with Crippen LogP contribution in [0.3, 0.4) is 0 Å². The van der Waals surface area contributed by atoms with Gasteiger partial charge in [0.25, 0.3) is 0 Å². The fraction of sp³-hybridized carbons (Fsp3) is 0.500. The maximum Gasteiger partial charge on any atom is 0.243 e. The Morgan fingerprint density at radius 2 is 1.95 bits per heavy atom. The molecule has 2 rings (SSSR count). The minimum absolute atomic E-state index is 0.105. The maximum absolute atomic E-state index is 12.5. The minimum atomic E-state index is -3.53. The van der Waals surface area contributed by atoms with E-state index in [4.69, 9.17) is 0 Å². The van der Waals surface area contributed by atoms with Crippen molar-refractivity contribution in [3.8, 4) is 0 Å². The van der Waals surface area contributed by atoms with E-state index in [2.05, 4.69) is 17.6 Å². The first kappa shape index (κ1) is 15.8. The summed E-state index contributed by atoms with van der Waals surface area (Å²) < 4.78 is 26.4. The van der Waals surface area contributed by atoms with Gasteiger partial charge in [0.2, 0.25) is 15.9 Å². The van der Waals surface area contributed by atoms with Crippen LogP contribution in [0.2, 0.25) is 0 Å². The van der Waals surface area contributed by atoms with Crippen LogP contribution in [0.15, 0.2) is 29.2 Å². The van der Waals surface area contributed by atoms with Crippen molar-refractivity contribution in [2.45, 2.75) is 24.7 Å². The first-order valence-electron chi connectivity index (χ1n) is 7.15. The lowest BCUT2D eigenvalue weighted by Crippen LogP contribution is -2.34. The van der Waals surface area contributed by atoms with Crippen LogP contribution in [-0.4, -0.2) is 44.8 Å². The molecule has 0 bridgehead atoms. The third-order valence-corrected chi connectivity index (χ3v) is 5.26. The number of sulfonamides is 1. The summed E-state index contributed by atoms with van der Waals surface area (Å²) in [5.74, 6) is -0.105. The lowest BCUT2D eigenvalue weighted by atomic mass is 10.3. The molecule has 1 aromatic rings. The van der Waals surface area contributed by atoms with E-state index in [-0.39, 0.29) is 23.8 Å². The topological polar surface area (TPSA) is 78.5 Å². The first-order chi connectivity index (χ1) is 10.0. The van der Waals surface area contributed by atoms with Crippen molar-refractivity contribution < 1.29 is 13.2 Å². The molecule has 1 aliphatic rings. The van der Waals surface area contributed by atoms with E-state index in [0.717, 1.165) is 18.7 Å². The molecule has 1 amide bonds. The van der Waals surface area contributed by atoms with Gasteiger partial charge in [-0.2, -0.15) is 4.31 Å². The third kappa shape index (κ3) is 3.95. The Kier molecular flexibility index (Phi) is 5.19. The summed E-state index contributed by atoms with van der Waals surface area (Å²) in [6.07, 6.45) is 1.21. The monoisotopic (exact) mass is 311 g/mol. The Hall–Kier alpha value is -1.60. The normalized spacial score (nSPS) is 17.1. The van der Waals surface area contributed by atoms with Gasteiger partial charge in [0.05, 0.1) is 4.90 Å². The van der Waals surface area contributed by atoms with Gasteiger partial charge in [0.15, 0.2) is 0 Å². The van der Waals surface area contributed by atoms with Crippen LogP contribution >= 0.6 is 0 Å². The number of nitrogens with one attached hydrogen (secondary N) is 2. The molecular weight excluding hydrogens is 290 g/mol. The van der Waals surface area contributed by atoms with Gasteiger partial charge in [-0.05, 0) is 30.7 Å². The highest BCUT2D eigenvalue weighted by atomic mass is 32.2. The molecule has 0 saturated carbocycles. The van der Waals surface area contributed by atoms with Crippen LogP contribution in [0.1, 0.15) is 19.8 Å². The summed E-state index contributed by atoms with van der Waals surface area (Å²) in [5, 5.41) is 5.88. The zero-order chi connectivity index (χ0) is 15.3. The van der Waals surface area contributed by atoms with Gasteiger partial charge in [-0.25, -0.2) is 8.42 Å². The Morgan fingerprint density at radius 1 is 1.24 bits per heavy atom. The number of anilines is 1. The Labute approximate surface area is 125 Å². The molecule has 0 unspecified atom stereocenters. The molecule has 7 heteroatoms. The predicted molar refractivity (Wildman–Crippen MR) is 81.6 cm³/mol. The smallest absolute Gasteiger partial charge is 0.243 e. The highest BCUT2D eigenvalue weighted by Gasteiger charge is 2.26. The average molecular weight is 311 g/mol. The number of hydrogen-bond acceptors (Lipinski definition) is 4. The second-order valence-corrected chi connectivity index (χ2v) is 6.89. The van der Waals surface area contributed by atoms with Crippen LogP contribution in [0.4, 0.5) is 5.69 Å². The van der Waals surface area contributed by atoms with Crippen LogP contribution in [0.25, 0.3) is 0 Å². The van der Waals surface area contributed by atoms with Crippen LogP contribution in [0, 0.1) is 0 Å². The van der Waals surface area contributed by atoms with E-state index in [0.29, 0.717) is 13.1 Å². The molecule has 21 heavy (non-hydrogen) atoms. The fourth-order valence-electron chi connectivity index (χ4n) is 2.15. The van der Waals surface area contributed by atoms with Crippen molar-refractivity contribution in [2.75, 3.05) is 31.5 Å². The second-order valence-electron chi connectivity index (χ2n) is 4.96. The first-order valence-corrected chi connectivity index (χ1v) is 8.59. The van der Waals surface area contributed by atoms with E-state index in [9.17, 15) is 13.2 Å². The predicted octanol–water partition coefficient (Wildman–Crippen LogP) is 1.02. The fourth-order valence-corrected chi connectivity index (χ4v) is 3.59. The standard InChI is InChI=1S/C14H21N3O3S/c1-2-8-15-12-3-5-13(6-4-12)21(19,20)17-10-7-14(18)16-9-11-17/h3-6,15H,2,7-11H2,1H3,(H,16,18). The molecule has 0 aromatic heterocycles. The molecule has 0 spiro atoms. The van der Waals surface area contributed by atoms with E-state index >= 15 is 0 Å². The SMILES string of the molecule is CCCNc1ccc(S(=O)(=O)N2CCNC(=O)CC2)cc1. The molecule has 1 aromatic carbocycles. The van der Waals surface area contributed by atoms with Crippen molar-refractivity contribution in [3.63, 3.8) is 0 Å². The number of amides is 1. The van der Waals surface area contributed by atoms with Gasteiger partial charge in [-0.1, -0.05) is 6.92 Å². The van der Waals surface area contributed by atoms with Gasteiger partial charge < -0.3 is 10.6 Å². The summed E-state index contributed by atoms with van der Waals surface area (Å²) in [6.45, 7) is 3.81. The lowest BCUT2D eigenvalue weighted by molar-refractivity contribution is -0.120. The number of benzene rings is 1. The minimum Gasteiger partial charge on any atom is -0.385 e. The van der Waals surface area contributed by atoms with E-state index in [1.807, 2.05) is 0 Å². The van der Waals surface area contributed by atoms with Gasteiger partial charge in [-0.3, -0.25) is 4.79 Å². The van der Waals surface area contributed by atoms with E-state index in [1.54, 1.807) is 24.3 Å². The number of nitrogens with zero attached hydrogens (tertiary/aromatic N) is 1. The quantitative estimate of drug-likeness (QED) is 0.851. The second kappa shape index (κ2) is 6.91. The molecule has 116 valence electrons. The Bertz CT molecular complexity index is 584. The van der Waals surface area contributed by atoms with Gasteiger partial charge in [-0.15, -0.1) is 0 Å². The highest BCUT2D eigenvalue weighted by Crippen LogP contribution is 2.19. The largest absolute Gasteiger partial charge is 0.385 e. The van der Waals surface area contributed by atoms with Gasteiger partial charge in [0, 0.05) is 38.3 Å². The van der Waals surface area contributed by atoms with Crippen molar-refractivity contribution in [2.24, 2.45) is 0 Å². The maximum atomic E-state index is 12.5. The molecule has 6 nitrogen and oxygen atoms in total. The lowest BCUT2D eigenvalue weighted by Gasteiger charge is -2.19. The van der Waals surface area contributed by atoms with Crippen molar-refractivity contribution >= 4 is 21.6 Å². The molecule has 1 saturated heterocycles. The number of rotatable bonds is 5. The van der Waals surface area contributed by atoms with Gasteiger partial charge in [0.1, 0.15) is 0 Å². The molecule has 2 N–H and O–H groups in total. The van der Waals surface area contributed by atoms with Gasteiger partial charge >= 0.3 is 0 Å². The summed E-state index contributed by atoms with van der Waals surface area (Å²) in [4.78, 5) is 11.6. The Balaban J connectivity index is 2.13. The molecular formula is C14H21N3O3S. The zero-order valence-electron chi connectivity index (χ0n) is 12.1. The summed E-state index contributed by atoms with van der Waals surface area (Å²) >= 11 is 0. The van der Waals surface area contributed by atoms with E-state index in [1.165, 1.54) is 4.31 Å². The summed E-state index contributed by atoms with van der Waals surface area (Å²) in [6, 6.07) is 6.74. The molecule has 0 atom stereocenters. The van der Waals surface area contributed by atoms with Crippen LogP contribution < -0.4 is 10.6 Å². The van der Waals surface area contributed by atoms with Crippen LogP contribution in [0.5, 0.6) is 0 Å². The highest BCUT2D eigenvalue weighted by molar-refractivity contribution is 7.89. The number of hydrogen-bond donors (Lipinski definition) is 2. The van der Waals surface area contributed by atoms with Crippen molar-refractivity contribution in [1.82, 2.24) is 9.62 Å². The van der Waals surface area contributed by atoms with Crippen LogP contribution in [-0.2, 0) is 14.8 Å². The van der Waals surface area contributed by atoms with E-state index < -0.39 is 10.0 Å². The molecule has 1 heterocycles. The van der Waals surface area contributed by atoms with Crippen molar-refractivity contribution in [1.29, 1.82) is 0 Å². The third-order valence-electron chi connectivity index (χ3n) is 3.34. The molecule has 0 radical (unpaired) electrons. The Morgan fingerprint density at radius 3 is 2.62 bits per heavy atom. The average Bonchev–Trinajstić information content (AvgIpc) is 2.70.